The summed E-state index contributed by atoms with van der Waals surface area (Å²) in [5.41, 5.74) is 6.08. The summed E-state index contributed by atoms with van der Waals surface area (Å²) in [5.74, 6) is -2.40. The molecule has 178 valence electrons. The maximum absolute atomic E-state index is 11.4. The molecular formula is C16H21F3N6O5S2. The zero-order valence-electron chi connectivity index (χ0n) is 16.8. The van der Waals surface area contributed by atoms with Crippen LogP contribution in [0.2, 0.25) is 0 Å². The molecule has 0 unspecified atom stereocenters. The number of carbonyl (C=O) groups excluding carboxylic acids is 1. The van der Waals surface area contributed by atoms with Gasteiger partial charge < -0.3 is 15.7 Å². The second-order valence-corrected chi connectivity index (χ2v) is 9.57. The highest BCUT2D eigenvalue weighted by molar-refractivity contribution is 7.88. The van der Waals surface area contributed by atoms with Gasteiger partial charge in [-0.3, -0.25) is 9.69 Å². The van der Waals surface area contributed by atoms with Crippen molar-refractivity contribution in [2.45, 2.75) is 6.18 Å². The topological polar surface area (TPSA) is 159 Å². The largest absolute Gasteiger partial charge is 0.490 e. The van der Waals surface area contributed by atoms with Gasteiger partial charge >= 0.3 is 12.1 Å². The minimum atomic E-state index is -5.08. The van der Waals surface area contributed by atoms with Gasteiger partial charge in [-0.2, -0.15) is 13.2 Å². The van der Waals surface area contributed by atoms with Crippen molar-refractivity contribution in [2.24, 2.45) is 5.73 Å². The molecule has 1 fully saturated rings. The van der Waals surface area contributed by atoms with Crippen LogP contribution in [-0.2, 0) is 14.8 Å². The van der Waals surface area contributed by atoms with Crippen LogP contribution in [0.4, 0.5) is 19.0 Å². The van der Waals surface area contributed by atoms with Crippen molar-refractivity contribution in [3.63, 3.8) is 0 Å². The SMILES string of the molecule is CS(=O)(=O)NCCN1CCN(c2ncnc3cc(C(N)=O)sc23)CC1.O=C(O)C(F)(F)F. The molecule has 0 spiro atoms. The molecule has 16 heteroatoms. The van der Waals surface area contributed by atoms with Crippen LogP contribution < -0.4 is 15.4 Å². The van der Waals surface area contributed by atoms with E-state index in [2.05, 4.69) is 24.5 Å². The number of aromatic nitrogens is 2. The number of nitrogens with one attached hydrogen (secondary N) is 1. The van der Waals surface area contributed by atoms with Gasteiger partial charge in [-0.05, 0) is 6.07 Å². The summed E-state index contributed by atoms with van der Waals surface area (Å²) in [6.07, 6.45) is -2.43. The standard InChI is InChI=1S/C14H20N6O3S2.C2HF3O2/c1-25(22,23)18-2-3-19-4-6-20(7-5-19)14-12-10(16-9-17-14)8-11(24-12)13(15)21;3-2(4,5)1(6)7/h8-9,18H,2-7H2,1H3,(H2,15,21);(H,6,7). The average molecular weight is 499 g/mol. The van der Waals surface area contributed by atoms with E-state index in [4.69, 9.17) is 15.6 Å². The van der Waals surface area contributed by atoms with Crippen molar-refractivity contribution in [3.05, 3.63) is 17.3 Å². The van der Waals surface area contributed by atoms with E-state index >= 15 is 0 Å². The number of primary amides is 1. The van der Waals surface area contributed by atoms with Crippen molar-refractivity contribution >= 4 is 49.3 Å². The molecular weight excluding hydrogens is 477 g/mol. The molecule has 0 radical (unpaired) electrons. The molecule has 0 aliphatic carbocycles. The molecule has 0 saturated carbocycles. The number of nitrogens with zero attached hydrogens (tertiary/aromatic N) is 4. The monoisotopic (exact) mass is 498 g/mol. The van der Waals surface area contributed by atoms with Gasteiger partial charge in [0.1, 0.15) is 12.1 Å². The molecule has 1 amide bonds. The van der Waals surface area contributed by atoms with Crippen LogP contribution in [0, 0.1) is 0 Å². The number of halogens is 3. The Bertz CT molecular complexity index is 1070. The molecule has 3 heterocycles. The Labute approximate surface area is 185 Å². The molecule has 0 bridgehead atoms. The van der Waals surface area contributed by atoms with Crippen LogP contribution in [0.5, 0.6) is 0 Å². The van der Waals surface area contributed by atoms with Gasteiger partial charge in [-0.15, -0.1) is 11.3 Å². The third-order valence-corrected chi connectivity index (χ3v) is 6.11. The molecule has 11 nitrogen and oxygen atoms in total. The Hall–Kier alpha value is -2.56. The summed E-state index contributed by atoms with van der Waals surface area (Å²) in [7, 11) is -3.15. The number of hydrogen-bond donors (Lipinski definition) is 3. The smallest absolute Gasteiger partial charge is 0.475 e. The summed E-state index contributed by atoms with van der Waals surface area (Å²) >= 11 is 1.31. The molecule has 32 heavy (non-hydrogen) atoms. The molecule has 2 aromatic rings. The minimum Gasteiger partial charge on any atom is -0.475 e. The van der Waals surface area contributed by atoms with E-state index in [1.165, 1.54) is 17.7 Å². The lowest BCUT2D eigenvalue weighted by Crippen LogP contribution is -2.48. The van der Waals surface area contributed by atoms with Crippen molar-refractivity contribution < 1.29 is 36.3 Å². The summed E-state index contributed by atoms with van der Waals surface area (Å²) in [6, 6.07) is 1.70. The van der Waals surface area contributed by atoms with Gasteiger partial charge in [-0.25, -0.2) is 27.9 Å². The first kappa shape index (κ1) is 25.7. The number of hydrogen-bond acceptors (Lipinski definition) is 9. The van der Waals surface area contributed by atoms with Crippen molar-refractivity contribution in [3.8, 4) is 0 Å². The van der Waals surface area contributed by atoms with E-state index in [1.807, 2.05) is 0 Å². The normalized spacial score (nSPS) is 15.3. The molecule has 1 saturated heterocycles. The Morgan fingerprint density at radius 2 is 1.84 bits per heavy atom. The maximum atomic E-state index is 11.4. The van der Waals surface area contributed by atoms with Crippen LogP contribution >= 0.6 is 11.3 Å². The van der Waals surface area contributed by atoms with Crippen molar-refractivity contribution in [2.75, 3.05) is 50.4 Å². The number of amides is 1. The number of carboxylic acids is 1. The molecule has 4 N–H and O–H groups in total. The zero-order valence-corrected chi connectivity index (χ0v) is 18.4. The summed E-state index contributed by atoms with van der Waals surface area (Å²) in [6.45, 7) is 4.24. The van der Waals surface area contributed by atoms with Crippen LogP contribution in [0.25, 0.3) is 10.2 Å². The fourth-order valence-electron chi connectivity index (χ4n) is 2.76. The zero-order chi connectivity index (χ0) is 24.1. The first-order valence-corrected chi connectivity index (χ1v) is 11.7. The third-order valence-electron chi connectivity index (χ3n) is 4.24. The highest BCUT2D eigenvalue weighted by atomic mass is 32.2. The first-order valence-electron chi connectivity index (χ1n) is 9.04. The molecule has 1 aliphatic rings. The van der Waals surface area contributed by atoms with Gasteiger partial charge in [0.25, 0.3) is 5.91 Å². The lowest BCUT2D eigenvalue weighted by atomic mass is 10.3. The summed E-state index contributed by atoms with van der Waals surface area (Å²) in [5, 5.41) is 7.12. The minimum absolute atomic E-state index is 0.406. The predicted molar refractivity (Wildman–Crippen MR) is 111 cm³/mol. The predicted octanol–water partition coefficient (Wildman–Crippen LogP) is 0.0947. The maximum Gasteiger partial charge on any atom is 0.490 e. The van der Waals surface area contributed by atoms with Gasteiger partial charge in [0.05, 0.1) is 21.3 Å². The van der Waals surface area contributed by atoms with Gasteiger partial charge in [0, 0.05) is 39.3 Å². The highest BCUT2D eigenvalue weighted by Crippen LogP contribution is 2.31. The lowest BCUT2D eigenvalue weighted by Gasteiger charge is -2.35. The van der Waals surface area contributed by atoms with E-state index in [-0.39, 0.29) is 0 Å². The van der Waals surface area contributed by atoms with E-state index in [1.54, 1.807) is 6.07 Å². The van der Waals surface area contributed by atoms with Gasteiger partial charge in [0.2, 0.25) is 10.0 Å². The quantitative estimate of drug-likeness (QED) is 0.502. The van der Waals surface area contributed by atoms with Gasteiger partial charge in [0.15, 0.2) is 0 Å². The molecule has 3 rings (SSSR count). The van der Waals surface area contributed by atoms with Crippen LogP contribution in [0.15, 0.2) is 12.4 Å². The van der Waals surface area contributed by atoms with E-state index in [0.29, 0.717) is 18.0 Å². The van der Waals surface area contributed by atoms with E-state index < -0.39 is 28.1 Å². The number of aliphatic carboxylic acids is 1. The second kappa shape index (κ2) is 10.4. The Morgan fingerprint density at radius 3 is 2.34 bits per heavy atom. The van der Waals surface area contributed by atoms with Crippen LogP contribution in [0.3, 0.4) is 0 Å². The van der Waals surface area contributed by atoms with Gasteiger partial charge in [-0.1, -0.05) is 0 Å². The van der Waals surface area contributed by atoms with Crippen molar-refractivity contribution in [1.29, 1.82) is 0 Å². The third kappa shape index (κ3) is 7.54. The van der Waals surface area contributed by atoms with Crippen molar-refractivity contribution in [1.82, 2.24) is 19.6 Å². The first-order chi connectivity index (χ1) is 14.8. The summed E-state index contributed by atoms with van der Waals surface area (Å²) in [4.78, 5) is 33.7. The number of carboxylic acid groups (broad SMARTS) is 1. The number of anilines is 1. The van der Waals surface area contributed by atoms with Crippen LogP contribution in [-0.4, -0.2) is 92.0 Å². The fourth-order valence-corrected chi connectivity index (χ4v) is 4.20. The molecule has 2 aromatic heterocycles. The number of rotatable bonds is 6. The highest BCUT2D eigenvalue weighted by Gasteiger charge is 2.38. The number of sulfonamides is 1. The molecule has 1 aliphatic heterocycles. The Morgan fingerprint density at radius 1 is 1.25 bits per heavy atom. The second-order valence-electron chi connectivity index (χ2n) is 6.68. The summed E-state index contributed by atoms with van der Waals surface area (Å²) < 4.78 is 57.3. The number of thiophene rings is 1. The average Bonchev–Trinajstić information content (AvgIpc) is 3.12. The Kier molecular flexibility index (Phi) is 8.33. The van der Waals surface area contributed by atoms with Crippen LogP contribution in [0.1, 0.15) is 9.67 Å². The lowest BCUT2D eigenvalue weighted by molar-refractivity contribution is -0.192. The number of piperazine rings is 1. The van der Waals surface area contributed by atoms with E-state index in [9.17, 15) is 26.4 Å². The van der Waals surface area contributed by atoms with E-state index in [0.717, 1.165) is 48.5 Å². The Balaban J connectivity index is 0.000000451. The number of fused-ring (bicyclic) bond motifs is 1. The molecule has 0 aromatic carbocycles. The number of carbonyl (C=O) groups is 2. The molecule has 0 atom stereocenters. The number of nitrogens with two attached hydrogens (primary N) is 1. The number of alkyl halides is 3. The fraction of sp³-hybridized carbons (Fsp3) is 0.500.